The molecule has 0 amide bonds. The highest BCUT2D eigenvalue weighted by atomic mass is 16.3. The summed E-state index contributed by atoms with van der Waals surface area (Å²) in [6.45, 7) is 2.32. The topological polar surface area (TPSA) is 124 Å². The number of unbranched alkanes of at least 4 members (excludes halogenated alkanes) is 13. The molecule has 6 N–H and O–H groups in total. The molecule has 0 aromatic carbocycles. The number of rotatable bonds is 22. The molecule has 0 aromatic heterocycles. The minimum absolute atomic E-state index is 0.0836. The highest BCUT2D eigenvalue weighted by molar-refractivity contribution is 5.83. The van der Waals surface area contributed by atoms with Gasteiger partial charge in [-0.1, -0.05) is 90.4 Å². The Labute approximate surface area is 184 Å². The summed E-state index contributed by atoms with van der Waals surface area (Å²) in [5, 5.41) is 39.1. The summed E-state index contributed by atoms with van der Waals surface area (Å²) >= 11 is 0. The molecule has 0 saturated heterocycles. The van der Waals surface area contributed by atoms with E-state index in [9.17, 15) is 20.1 Å². The first-order chi connectivity index (χ1) is 14.5. The molecule has 0 heterocycles. The molecule has 30 heavy (non-hydrogen) atoms. The molecule has 6 heteroatoms. The number of nitrogens with two attached hydrogens (primary N) is 1. The van der Waals surface area contributed by atoms with Crippen molar-refractivity contribution < 1.29 is 25.2 Å². The first-order valence-corrected chi connectivity index (χ1v) is 12.4. The molecular formula is C24H49NO5. The largest absolute Gasteiger partial charge is 0.396 e. The zero-order valence-corrected chi connectivity index (χ0v) is 19.3. The number of carbonyl (C=O) groups excluding carboxylic acids is 1. The molecule has 0 aliphatic rings. The second kappa shape index (κ2) is 20.4. The maximum absolute atomic E-state index is 12.0. The average molecular weight is 432 g/mol. The van der Waals surface area contributed by atoms with Gasteiger partial charge in [-0.25, -0.2) is 0 Å². The van der Waals surface area contributed by atoms with E-state index in [-0.39, 0.29) is 13.0 Å². The van der Waals surface area contributed by atoms with Gasteiger partial charge >= 0.3 is 0 Å². The quantitative estimate of drug-likeness (QED) is 0.167. The van der Waals surface area contributed by atoms with Crippen LogP contribution < -0.4 is 5.73 Å². The lowest BCUT2D eigenvalue weighted by Crippen LogP contribution is -2.52. The van der Waals surface area contributed by atoms with Crippen molar-refractivity contribution in [3.63, 3.8) is 0 Å². The van der Waals surface area contributed by atoms with Crippen molar-refractivity contribution >= 4 is 5.78 Å². The molecule has 0 radical (unpaired) electrons. The molecule has 6 nitrogen and oxygen atoms in total. The van der Waals surface area contributed by atoms with Gasteiger partial charge < -0.3 is 26.2 Å². The lowest BCUT2D eigenvalue weighted by Gasteiger charge is -2.27. The van der Waals surface area contributed by atoms with Gasteiger partial charge in [0.25, 0.3) is 0 Å². The minimum Gasteiger partial charge on any atom is -0.396 e. The van der Waals surface area contributed by atoms with Crippen LogP contribution in [0.4, 0.5) is 0 Å². The highest BCUT2D eigenvalue weighted by Gasteiger charge is 2.32. The van der Waals surface area contributed by atoms with Crippen molar-refractivity contribution in [2.75, 3.05) is 6.61 Å². The van der Waals surface area contributed by atoms with Crippen molar-refractivity contribution in [3.05, 3.63) is 0 Å². The number of hydrogen-bond donors (Lipinski definition) is 5. The van der Waals surface area contributed by atoms with Gasteiger partial charge in [-0.3, -0.25) is 4.79 Å². The van der Waals surface area contributed by atoms with E-state index in [0.717, 1.165) is 19.3 Å². The van der Waals surface area contributed by atoms with E-state index in [1.165, 1.54) is 57.8 Å². The Kier molecular flexibility index (Phi) is 20.0. The third-order valence-corrected chi connectivity index (χ3v) is 5.92. The Morgan fingerprint density at radius 2 is 1.20 bits per heavy atom. The molecular weight excluding hydrogens is 382 g/mol. The van der Waals surface area contributed by atoms with Gasteiger partial charge in [-0.15, -0.1) is 0 Å². The van der Waals surface area contributed by atoms with E-state index in [4.69, 9.17) is 10.8 Å². The van der Waals surface area contributed by atoms with E-state index >= 15 is 0 Å². The second-order valence-corrected chi connectivity index (χ2v) is 8.76. The lowest BCUT2D eigenvalue weighted by molar-refractivity contribution is -0.131. The van der Waals surface area contributed by atoms with Crippen LogP contribution >= 0.6 is 0 Å². The van der Waals surface area contributed by atoms with Crippen molar-refractivity contribution in [2.45, 2.75) is 140 Å². The molecule has 180 valence electrons. The van der Waals surface area contributed by atoms with Crippen LogP contribution in [0.5, 0.6) is 0 Å². The zero-order valence-electron chi connectivity index (χ0n) is 19.3. The van der Waals surface area contributed by atoms with Crippen LogP contribution in [0.3, 0.4) is 0 Å². The van der Waals surface area contributed by atoms with Gasteiger partial charge in [0.1, 0.15) is 6.10 Å². The molecule has 0 spiro atoms. The molecule has 0 rings (SSSR count). The summed E-state index contributed by atoms with van der Waals surface area (Å²) in [5.41, 5.74) is 5.81. The molecule has 1 unspecified atom stereocenters. The Balaban J connectivity index is 3.76. The van der Waals surface area contributed by atoms with Crippen molar-refractivity contribution in [1.82, 2.24) is 0 Å². The fourth-order valence-electron chi connectivity index (χ4n) is 3.76. The number of carbonyl (C=O) groups is 1. The van der Waals surface area contributed by atoms with E-state index in [0.29, 0.717) is 25.7 Å². The monoisotopic (exact) mass is 431 g/mol. The number of aliphatic hydroxyl groups excluding tert-OH is 4. The van der Waals surface area contributed by atoms with Crippen LogP contribution in [0.1, 0.15) is 116 Å². The smallest absolute Gasteiger partial charge is 0.162 e. The van der Waals surface area contributed by atoms with Gasteiger partial charge in [0, 0.05) is 13.0 Å². The standard InChI is InChI=1S/C24H49NO5/c1-2-3-4-5-6-7-8-9-10-11-12-14-17-20(27)23(29)22(25)24(30)21(28)18-15-13-16-19-26/h20,22-24,26-27,29-30H,2-19,25H2,1H3/t20-,22-,23-,24?/m1/s1. The van der Waals surface area contributed by atoms with Crippen molar-refractivity contribution in [1.29, 1.82) is 0 Å². The van der Waals surface area contributed by atoms with Crippen molar-refractivity contribution in [3.8, 4) is 0 Å². The molecule has 0 aliphatic carbocycles. The number of hydrogen-bond acceptors (Lipinski definition) is 6. The fourth-order valence-corrected chi connectivity index (χ4v) is 3.76. The highest BCUT2D eigenvalue weighted by Crippen LogP contribution is 2.15. The Morgan fingerprint density at radius 3 is 1.70 bits per heavy atom. The maximum atomic E-state index is 12.0. The molecule has 0 aliphatic heterocycles. The van der Waals surface area contributed by atoms with Crippen LogP contribution in [0.2, 0.25) is 0 Å². The van der Waals surface area contributed by atoms with E-state index < -0.39 is 30.1 Å². The normalized spacial score (nSPS) is 15.7. The van der Waals surface area contributed by atoms with E-state index in [1.807, 2.05) is 0 Å². The number of Topliss-reactive ketones (excluding diaryl/α,β-unsaturated/α-hetero) is 1. The predicted molar refractivity (Wildman–Crippen MR) is 122 cm³/mol. The van der Waals surface area contributed by atoms with Crippen LogP contribution in [0.25, 0.3) is 0 Å². The van der Waals surface area contributed by atoms with Gasteiger partial charge in [-0.2, -0.15) is 0 Å². The van der Waals surface area contributed by atoms with Gasteiger partial charge in [-0.05, 0) is 19.3 Å². The summed E-state index contributed by atoms with van der Waals surface area (Å²) in [6.07, 6.45) is 13.4. The second-order valence-electron chi connectivity index (χ2n) is 8.76. The number of ketones is 1. The van der Waals surface area contributed by atoms with Crippen molar-refractivity contribution in [2.24, 2.45) is 5.73 Å². The predicted octanol–water partition coefficient (Wildman–Crippen LogP) is 3.61. The van der Waals surface area contributed by atoms with E-state index in [2.05, 4.69) is 6.92 Å². The summed E-state index contributed by atoms with van der Waals surface area (Å²) in [5.74, 6) is -0.419. The third kappa shape index (κ3) is 15.3. The molecule has 0 bridgehead atoms. The molecule has 4 atom stereocenters. The Morgan fingerprint density at radius 1 is 0.733 bits per heavy atom. The lowest BCUT2D eigenvalue weighted by atomic mass is 9.93. The van der Waals surface area contributed by atoms with Gasteiger partial charge in [0.05, 0.1) is 18.2 Å². The minimum atomic E-state index is -1.47. The summed E-state index contributed by atoms with van der Waals surface area (Å²) in [4.78, 5) is 12.0. The molecule has 0 fully saturated rings. The third-order valence-electron chi connectivity index (χ3n) is 5.92. The average Bonchev–Trinajstić information content (AvgIpc) is 2.75. The SMILES string of the molecule is CCCCCCCCCCCCCC[C@@H](O)[C@@H](O)[C@@H](N)C(O)C(=O)CCCCCO. The maximum Gasteiger partial charge on any atom is 0.162 e. The first-order valence-electron chi connectivity index (χ1n) is 12.4. The Hall–Kier alpha value is -0.530. The Bertz CT molecular complexity index is 394. The van der Waals surface area contributed by atoms with Gasteiger partial charge in [0.15, 0.2) is 5.78 Å². The van der Waals surface area contributed by atoms with Gasteiger partial charge in [0.2, 0.25) is 0 Å². The summed E-state index contributed by atoms with van der Waals surface area (Å²) in [7, 11) is 0. The zero-order chi connectivity index (χ0) is 22.6. The molecule has 0 saturated carbocycles. The van der Waals surface area contributed by atoms with Crippen LogP contribution in [0, 0.1) is 0 Å². The van der Waals surface area contributed by atoms with Crippen LogP contribution in [-0.4, -0.2) is 57.2 Å². The molecule has 0 aromatic rings. The van der Waals surface area contributed by atoms with E-state index in [1.54, 1.807) is 0 Å². The van der Waals surface area contributed by atoms with Crippen LogP contribution in [0.15, 0.2) is 0 Å². The van der Waals surface area contributed by atoms with Crippen LogP contribution in [-0.2, 0) is 4.79 Å². The summed E-state index contributed by atoms with van der Waals surface area (Å²) in [6, 6.07) is -1.18. The first kappa shape index (κ1) is 29.5. The summed E-state index contributed by atoms with van der Waals surface area (Å²) < 4.78 is 0. The fraction of sp³-hybridized carbons (Fsp3) is 0.958. The number of aliphatic hydroxyl groups is 4.